The largest absolute Gasteiger partial charge is 0.321 e. The predicted octanol–water partition coefficient (Wildman–Crippen LogP) is 3.47. The summed E-state index contributed by atoms with van der Waals surface area (Å²) in [5, 5.41) is 11.8. The van der Waals surface area contributed by atoms with Gasteiger partial charge in [-0.3, -0.25) is 9.20 Å². The van der Waals surface area contributed by atoms with Crippen molar-refractivity contribution in [3.8, 4) is 0 Å². The number of nitrogens with one attached hydrogen (secondary N) is 1. The molecule has 2 heterocycles. The third kappa shape index (κ3) is 2.79. The molecule has 0 fully saturated rings. The van der Waals surface area contributed by atoms with E-state index in [0.717, 1.165) is 15.3 Å². The molecule has 0 saturated carbocycles. The van der Waals surface area contributed by atoms with E-state index in [-0.39, 0.29) is 5.91 Å². The Kier molecular flexibility index (Phi) is 3.94. The monoisotopic (exact) mass is 362 g/mol. The van der Waals surface area contributed by atoms with Crippen molar-refractivity contribution in [3.63, 3.8) is 0 Å². The van der Waals surface area contributed by atoms with Crippen LogP contribution in [0.1, 0.15) is 10.4 Å². The Labute approximate surface area is 133 Å². The molecule has 7 heteroatoms. The fourth-order valence-corrected chi connectivity index (χ4v) is 2.86. The molecule has 0 bridgehead atoms. The Bertz CT molecular complexity index is 818. The van der Waals surface area contributed by atoms with E-state index < -0.39 is 0 Å². The zero-order valence-electron chi connectivity index (χ0n) is 11.1. The maximum Gasteiger partial charge on any atom is 0.256 e. The Balaban J connectivity index is 1.91. The molecule has 21 heavy (non-hydrogen) atoms. The normalized spacial score (nSPS) is 10.8. The molecule has 0 aliphatic carbocycles. The lowest BCUT2D eigenvalue weighted by Gasteiger charge is -2.07. The Morgan fingerprint density at radius 1 is 1.24 bits per heavy atom. The van der Waals surface area contributed by atoms with Crippen LogP contribution in [-0.4, -0.2) is 26.8 Å². The molecule has 1 aromatic carbocycles. The number of aromatic nitrogens is 3. The minimum Gasteiger partial charge on any atom is -0.321 e. The van der Waals surface area contributed by atoms with Crippen LogP contribution in [-0.2, 0) is 0 Å². The van der Waals surface area contributed by atoms with Crippen molar-refractivity contribution in [2.24, 2.45) is 0 Å². The lowest BCUT2D eigenvalue weighted by Crippen LogP contribution is -2.12. The van der Waals surface area contributed by atoms with Crippen LogP contribution in [0.25, 0.3) is 5.65 Å². The van der Waals surface area contributed by atoms with Gasteiger partial charge in [0.05, 0.1) is 11.3 Å². The van der Waals surface area contributed by atoms with E-state index in [1.54, 1.807) is 6.07 Å². The van der Waals surface area contributed by atoms with Crippen LogP contribution < -0.4 is 5.32 Å². The van der Waals surface area contributed by atoms with Gasteiger partial charge < -0.3 is 5.32 Å². The molecule has 1 N–H and O–H groups in total. The van der Waals surface area contributed by atoms with Gasteiger partial charge in [0.15, 0.2) is 10.8 Å². The van der Waals surface area contributed by atoms with Gasteiger partial charge in [-0.05, 0) is 46.5 Å². The number of fused-ring (bicyclic) bond motifs is 1. The summed E-state index contributed by atoms with van der Waals surface area (Å²) in [6.45, 7) is 0. The number of amides is 1. The molecule has 0 aliphatic heterocycles. The van der Waals surface area contributed by atoms with Crippen molar-refractivity contribution < 1.29 is 4.79 Å². The number of carbonyl (C=O) groups is 1. The lowest BCUT2D eigenvalue weighted by molar-refractivity contribution is 0.102. The van der Waals surface area contributed by atoms with Gasteiger partial charge in [0.25, 0.3) is 5.91 Å². The first kappa shape index (κ1) is 14.1. The number of benzene rings is 1. The van der Waals surface area contributed by atoms with Crippen molar-refractivity contribution in [2.45, 2.75) is 5.16 Å². The van der Waals surface area contributed by atoms with Gasteiger partial charge in [-0.1, -0.05) is 23.9 Å². The van der Waals surface area contributed by atoms with E-state index >= 15 is 0 Å². The number of hydrogen-bond donors (Lipinski definition) is 1. The molecule has 0 unspecified atom stereocenters. The topological polar surface area (TPSA) is 59.3 Å². The summed E-state index contributed by atoms with van der Waals surface area (Å²) in [7, 11) is 0. The number of anilines is 1. The Hall–Kier alpha value is -1.86. The summed E-state index contributed by atoms with van der Waals surface area (Å²) in [4.78, 5) is 12.3. The van der Waals surface area contributed by atoms with Crippen molar-refractivity contribution >= 4 is 44.9 Å². The van der Waals surface area contributed by atoms with Crippen molar-refractivity contribution in [3.05, 3.63) is 52.6 Å². The maximum absolute atomic E-state index is 12.3. The second-order valence-corrected chi connectivity index (χ2v) is 5.89. The molecule has 0 atom stereocenters. The molecule has 0 radical (unpaired) electrons. The van der Waals surface area contributed by atoms with Gasteiger partial charge in [0.2, 0.25) is 0 Å². The van der Waals surface area contributed by atoms with Crippen LogP contribution in [0, 0.1) is 0 Å². The quantitative estimate of drug-likeness (QED) is 0.724. The summed E-state index contributed by atoms with van der Waals surface area (Å²) >= 11 is 4.88. The second kappa shape index (κ2) is 5.87. The smallest absolute Gasteiger partial charge is 0.256 e. The van der Waals surface area contributed by atoms with E-state index in [1.165, 1.54) is 11.8 Å². The highest BCUT2D eigenvalue weighted by atomic mass is 79.9. The van der Waals surface area contributed by atoms with E-state index in [1.807, 2.05) is 47.2 Å². The first-order valence-electron chi connectivity index (χ1n) is 6.13. The summed E-state index contributed by atoms with van der Waals surface area (Å²) in [5.41, 5.74) is 2.03. The molecular weight excluding hydrogens is 352 g/mol. The molecule has 1 amide bonds. The molecule has 106 valence electrons. The molecule has 5 nitrogen and oxygen atoms in total. The molecular formula is C14H11BrN4OS. The summed E-state index contributed by atoms with van der Waals surface area (Å²) in [5.74, 6) is -0.166. The van der Waals surface area contributed by atoms with Gasteiger partial charge in [-0.2, -0.15) is 0 Å². The van der Waals surface area contributed by atoms with Gasteiger partial charge in [-0.15, -0.1) is 10.2 Å². The summed E-state index contributed by atoms with van der Waals surface area (Å²) < 4.78 is 2.61. The van der Waals surface area contributed by atoms with Gasteiger partial charge >= 0.3 is 0 Å². The summed E-state index contributed by atoms with van der Waals surface area (Å²) in [6, 6.07) is 10.9. The SMILES string of the molecule is CSc1nnc2ccc(NC(=O)c3ccccc3Br)cn12. The van der Waals surface area contributed by atoms with Crippen LogP contribution in [0.5, 0.6) is 0 Å². The van der Waals surface area contributed by atoms with Crippen molar-refractivity contribution in [1.82, 2.24) is 14.6 Å². The standard InChI is InChI=1S/C14H11BrN4OS/c1-21-14-18-17-12-7-6-9(8-19(12)14)16-13(20)10-4-2-3-5-11(10)15/h2-8H,1H3,(H,16,20). The van der Waals surface area contributed by atoms with Crippen molar-refractivity contribution in [1.29, 1.82) is 0 Å². The van der Waals surface area contributed by atoms with E-state index in [0.29, 0.717) is 11.3 Å². The lowest BCUT2D eigenvalue weighted by atomic mass is 10.2. The Morgan fingerprint density at radius 2 is 2.05 bits per heavy atom. The molecule has 3 aromatic rings. The first-order chi connectivity index (χ1) is 10.2. The van der Waals surface area contributed by atoms with Crippen molar-refractivity contribution in [2.75, 3.05) is 11.6 Å². The van der Waals surface area contributed by atoms with E-state index in [4.69, 9.17) is 0 Å². The fraction of sp³-hybridized carbons (Fsp3) is 0.0714. The number of carbonyl (C=O) groups excluding carboxylic acids is 1. The van der Waals surface area contributed by atoms with Crippen LogP contribution in [0.3, 0.4) is 0 Å². The van der Waals surface area contributed by atoms with E-state index in [9.17, 15) is 4.79 Å². The Morgan fingerprint density at radius 3 is 2.81 bits per heavy atom. The highest BCUT2D eigenvalue weighted by Crippen LogP contribution is 2.20. The highest BCUT2D eigenvalue weighted by molar-refractivity contribution is 9.10. The second-order valence-electron chi connectivity index (χ2n) is 4.27. The van der Waals surface area contributed by atoms with Crippen LogP contribution in [0.15, 0.2) is 52.2 Å². The molecule has 0 saturated heterocycles. The molecule has 2 aromatic heterocycles. The third-order valence-electron chi connectivity index (χ3n) is 2.93. The number of hydrogen-bond acceptors (Lipinski definition) is 4. The van der Waals surface area contributed by atoms with Gasteiger partial charge in [-0.25, -0.2) is 0 Å². The first-order valence-corrected chi connectivity index (χ1v) is 8.15. The van der Waals surface area contributed by atoms with Crippen LogP contribution >= 0.6 is 27.7 Å². The van der Waals surface area contributed by atoms with Gasteiger partial charge in [0, 0.05) is 10.7 Å². The van der Waals surface area contributed by atoms with Gasteiger partial charge in [0.1, 0.15) is 0 Å². The molecule has 0 aliphatic rings. The zero-order chi connectivity index (χ0) is 14.8. The zero-order valence-corrected chi connectivity index (χ0v) is 13.5. The van der Waals surface area contributed by atoms with E-state index in [2.05, 4.69) is 31.4 Å². The average molecular weight is 363 g/mol. The number of pyridine rings is 1. The number of thioether (sulfide) groups is 1. The third-order valence-corrected chi connectivity index (χ3v) is 4.26. The summed E-state index contributed by atoms with van der Waals surface area (Å²) in [6.07, 6.45) is 3.75. The highest BCUT2D eigenvalue weighted by Gasteiger charge is 2.11. The number of halogens is 1. The minimum absolute atomic E-state index is 0.166. The van der Waals surface area contributed by atoms with Crippen LogP contribution in [0.4, 0.5) is 5.69 Å². The maximum atomic E-state index is 12.3. The number of nitrogens with zero attached hydrogens (tertiary/aromatic N) is 3. The average Bonchev–Trinajstić information content (AvgIpc) is 2.90. The molecule has 3 rings (SSSR count). The predicted molar refractivity (Wildman–Crippen MR) is 86.9 cm³/mol. The minimum atomic E-state index is -0.166. The van der Waals surface area contributed by atoms with Crippen LogP contribution in [0.2, 0.25) is 0 Å². The number of rotatable bonds is 3. The fourth-order valence-electron chi connectivity index (χ4n) is 1.93. The molecule has 0 spiro atoms.